The maximum atomic E-state index is 12.5. The van der Waals surface area contributed by atoms with E-state index >= 15 is 0 Å². The molecule has 5 nitrogen and oxygen atoms in total. The van der Waals surface area contributed by atoms with Crippen molar-refractivity contribution in [1.29, 1.82) is 0 Å². The van der Waals surface area contributed by atoms with Crippen LogP contribution in [0.3, 0.4) is 0 Å². The van der Waals surface area contributed by atoms with Gasteiger partial charge in [-0.2, -0.15) is 0 Å². The molecule has 0 unspecified atom stereocenters. The summed E-state index contributed by atoms with van der Waals surface area (Å²) in [5.41, 5.74) is 0. The van der Waals surface area contributed by atoms with E-state index < -0.39 is 6.04 Å². The van der Waals surface area contributed by atoms with Crippen LogP contribution in [0.1, 0.15) is 43.7 Å². The molecule has 0 aliphatic carbocycles. The molecule has 0 bridgehead atoms. The predicted octanol–water partition coefficient (Wildman–Crippen LogP) is 2.05. The van der Waals surface area contributed by atoms with Crippen LogP contribution in [0, 0.1) is 5.92 Å². The second kappa shape index (κ2) is 6.59. The smallest absolute Gasteiger partial charge is 0.287 e. The van der Waals surface area contributed by atoms with Gasteiger partial charge in [0.25, 0.3) is 5.91 Å². The first-order chi connectivity index (χ1) is 9.58. The molecule has 110 valence electrons. The maximum Gasteiger partial charge on any atom is 0.287 e. The molecule has 1 aliphatic rings. The number of carbonyl (C=O) groups is 2. The molecule has 20 heavy (non-hydrogen) atoms. The van der Waals surface area contributed by atoms with E-state index in [9.17, 15) is 9.59 Å². The summed E-state index contributed by atoms with van der Waals surface area (Å²) < 4.78 is 5.07. The molecule has 1 aliphatic heterocycles. The van der Waals surface area contributed by atoms with E-state index in [1.807, 2.05) is 18.7 Å². The Labute approximate surface area is 119 Å². The third-order valence-electron chi connectivity index (χ3n) is 3.47. The topological polar surface area (TPSA) is 62.6 Å². The lowest BCUT2D eigenvalue weighted by Gasteiger charge is -2.25. The van der Waals surface area contributed by atoms with Crippen molar-refractivity contribution >= 4 is 11.8 Å². The molecule has 0 spiro atoms. The van der Waals surface area contributed by atoms with Crippen molar-refractivity contribution in [3.8, 4) is 0 Å². The van der Waals surface area contributed by atoms with Crippen LogP contribution in [0.25, 0.3) is 0 Å². The Morgan fingerprint density at radius 2 is 2.05 bits per heavy atom. The Balaban J connectivity index is 2.02. The second-order valence-corrected chi connectivity index (χ2v) is 5.67. The minimum Gasteiger partial charge on any atom is -0.459 e. The fourth-order valence-electron chi connectivity index (χ4n) is 2.49. The second-order valence-electron chi connectivity index (χ2n) is 5.67. The quantitative estimate of drug-likeness (QED) is 0.896. The average molecular weight is 278 g/mol. The molecule has 0 saturated carbocycles. The van der Waals surface area contributed by atoms with E-state index in [0.29, 0.717) is 12.3 Å². The summed E-state index contributed by atoms with van der Waals surface area (Å²) in [5.74, 6) is 0.278. The summed E-state index contributed by atoms with van der Waals surface area (Å²) in [5, 5.41) is 2.80. The van der Waals surface area contributed by atoms with E-state index in [1.54, 1.807) is 12.1 Å². The zero-order chi connectivity index (χ0) is 14.5. The van der Waals surface area contributed by atoms with Crippen LogP contribution in [0.15, 0.2) is 22.8 Å². The lowest BCUT2D eigenvalue weighted by atomic mass is 10.0. The summed E-state index contributed by atoms with van der Waals surface area (Å²) >= 11 is 0. The Bertz CT molecular complexity index is 448. The largest absolute Gasteiger partial charge is 0.459 e. The van der Waals surface area contributed by atoms with Gasteiger partial charge in [0.1, 0.15) is 6.04 Å². The molecule has 1 atom stereocenters. The highest BCUT2D eigenvalue weighted by Gasteiger charge is 2.29. The zero-order valence-corrected chi connectivity index (χ0v) is 12.1. The molecule has 0 aromatic carbocycles. The molecule has 1 N–H and O–H groups in total. The molecular formula is C15H22N2O3. The minimum atomic E-state index is -0.467. The van der Waals surface area contributed by atoms with Gasteiger partial charge in [-0.3, -0.25) is 9.59 Å². The van der Waals surface area contributed by atoms with Gasteiger partial charge in [0.2, 0.25) is 5.91 Å². The fourth-order valence-corrected chi connectivity index (χ4v) is 2.49. The number of rotatable bonds is 5. The monoisotopic (exact) mass is 278 g/mol. The van der Waals surface area contributed by atoms with Crippen molar-refractivity contribution in [2.24, 2.45) is 5.92 Å². The van der Waals surface area contributed by atoms with Gasteiger partial charge in [-0.1, -0.05) is 13.8 Å². The van der Waals surface area contributed by atoms with Gasteiger partial charge in [-0.25, -0.2) is 0 Å². The van der Waals surface area contributed by atoms with E-state index in [0.717, 1.165) is 25.9 Å². The summed E-state index contributed by atoms with van der Waals surface area (Å²) in [7, 11) is 0. The Kier molecular flexibility index (Phi) is 4.82. The average Bonchev–Trinajstić information content (AvgIpc) is 3.09. The molecule has 5 heteroatoms. The number of nitrogens with zero attached hydrogens (tertiary/aromatic N) is 1. The van der Waals surface area contributed by atoms with Gasteiger partial charge in [0.15, 0.2) is 5.76 Å². The summed E-state index contributed by atoms with van der Waals surface area (Å²) in [6.45, 7) is 5.68. The van der Waals surface area contributed by atoms with Crippen LogP contribution >= 0.6 is 0 Å². The number of carbonyl (C=O) groups excluding carboxylic acids is 2. The SMILES string of the molecule is CC(C)C[C@H](NC(=O)c1ccco1)C(=O)N1CCCC1. The molecule has 1 saturated heterocycles. The third kappa shape index (κ3) is 3.62. The van der Waals surface area contributed by atoms with Crippen molar-refractivity contribution in [3.63, 3.8) is 0 Å². The normalized spacial score (nSPS) is 16.4. The van der Waals surface area contributed by atoms with E-state index in [4.69, 9.17) is 4.42 Å². The number of likely N-dealkylation sites (tertiary alicyclic amines) is 1. The maximum absolute atomic E-state index is 12.5. The fraction of sp³-hybridized carbons (Fsp3) is 0.600. The number of hydrogen-bond donors (Lipinski definition) is 1. The lowest BCUT2D eigenvalue weighted by Crippen LogP contribution is -2.48. The summed E-state index contributed by atoms with van der Waals surface area (Å²) in [6.07, 6.45) is 4.19. The minimum absolute atomic E-state index is 0.0242. The lowest BCUT2D eigenvalue weighted by molar-refractivity contribution is -0.132. The van der Waals surface area contributed by atoms with Crippen LogP contribution < -0.4 is 5.32 Å². The highest BCUT2D eigenvalue weighted by Crippen LogP contribution is 2.14. The van der Waals surface area contributed by atoms with Crippen molar-refractivity contribution in [3.05, 3.63) is 24.2 Å². The van der Waals surface area contributed by atoms with E-state index in [1.165, 1.54) is 6.26 Å². The van der Waals surface area contributed by atoms with Crippen LogP contribution in [0.2, 0.25) is 0 Å². The number of nitrogens with one attached hydrogen (secondary N) is 1. The number of hydrogen-bond acceptors (Lipinski definition) is 3. The number of furan rings is 1. The van der Waals surface area contributed by atoms with Gasteiger partial charge in [-0.15, -0.1) is 0 Å². The Hall–Kier alpha value is -1.78. The van der Waals surface area contributed by atoms with Gasteiger partial charge in [-0.05, 0) is 37.3 Å². The first-order valence-electron chi connectivity index (χ1n) is 7.21. The van der Waals surface area contributed by atoms with Crippen molar-refractivity contribution in [2.75, 3.05) is 13.1 Å². The van der Waals surface area contributed by atoms with Crippen LogP contribution in [-0.2, 0) is 4.79 Å². The third-order valence-corrected chi connectivity index (χ3v) is 3.47. The zero-order valence-electron chi connectivity index (χ0n) is 12.1. The first kappa shape index (κ1) is 14.6. The Morgan fingerprint density at radius 3 is 2.60 bits per heavy atom. The predicted molar refractivity (Wildman–Crippen MR) is 75.2 cm³/mol. The number of amides is 2. The van der Waals surface area contributed by atoms with Crippen LogP contribution in [0.5, 0.6) is 0 Å². The first-order valence-corrected chi connectivity index (χ1v) is 7.21. The molecule has 1 aromatic heterocycles. The van der Waals surface area contributed by atoms with Crippen molar-refractivity contribution < 1.29 is 14.0 Å². The molecule has 2 heterocycles. The molecule has 0 radical (unpaired) electrons. The standard InChI is InChI=1S/C15H22N2O3/c1-11(2)10-12(15(19)17-7-3-4-8-17)16-14(18)13-6-5-9-20-13/h5-6,9,11-12H,3-4,7-8,10H2,1-2H3,(H,16,18)/t12-/m0/s1. The van der Waals surface area contributed by atoms with Gasteiger partial charge in [0.05, 0.1) is 6.26 Å². The molecule has 2 rings (SSSR count). The summed E-state index contributed by atoms with van der Waals surface area (Å²) in [6, 6.07) is 2.79. The van der Waals surface area contributed by atoms with E-state index in [-0.39, 0.29) is 17.6 Å². The van der Waals surface area contributed by atoms with Gasteiger partial charge in [0, 0.05) is 13.1 Å². The van der Waals surface area contributed by atoms with Crippen molar-refractivity contribution in [2.45, 2.75) is 39.2 Å². The van der Waals surface area contributed by atoms with E-state index in [2.05, 4.69) is 5.32 Å². The van der Waals surface area contributed by atoms with Crippen LogP contribution in [-0.4, -0.2) is 35.8 Å². The Morgan fingerprint density at radius 1 is 1.35 bits per heavy atom. The molecular weight excluding hydrogens is 256 g/mol. The van der Waals surface area contributed by atoms with Gasteiger partial charge >= 0.3 is 0 Å². The van der Waals surface area contributed by atoms with Gasteiger partial charge < -0.3 is 14.6 Å². The highest BCUT2D eigenvalue weighted by molar-refractivity contribution is 5.95. The van der Waals surface area contributed by atoms with Crippen LogP contribution in [0.4, 0.5) is 0 Å². The summed E-state index contributed by atoms with van der Waals surface area (Å²) in [4.78, 5) is 26.4. The molecule has 1 aromatic rings. The highest BCUT2D eigenvalue weighted by atomic mass is 16.3. The molecule has 2 amide bonds. The molecule has 1 fully saturated rings. The van der Waals surface area contributed by atoms with Crippen molar-refractivity contribution in [1.82, 2.24) is 10.2 Å².